The first kappa shape index (κ1) is 17.8. The zero-order chi connectivity index (χ0) is 17.8. The maximum Gasteiger partial charge on any atom is 0.277 e. The highest BCUT2D eigenvalue weighted by atomic mass is 32.1. The van der Waals surface area contributed by atoms with Gasteiger partial charge in [-0.3, -0.25) is 9.59 Å². The third-order valence-electron chi connectivity index (χ3n) is 4.81. The molecule has 1 aromatic carbocycles. The van der Waals surface area contributed by atoms with Gasteiger partial charge in [0, 0.05) is 20.5 Å². The van der Waals surface area contributed by atoms with E-state index in [1.807, 2.05) is 18.2 Å². The molecule has 0 saturated carbocycles. The Bertz CT molecular complexity index is 727. The molecule has 1 saturated heterocycles. The number of carbonyl (C=O) groups excluding carboxylic acids is 2. The molecule has 2 heterocycles. The Morgan fingerprint density at radius 2 is 2.16 bits per heavy atom. The number of nitrogens with zero attached hydrogens (tertiary/aromatic N) is 2. The van der Waals surface area contributed by atoms with Crippen molar-refractivity contribution in [3.8, 4) is 0 Å². The number of aromatic nitrogens is 1. The van der Waals surface area contributed by atoms with E-state index >= 15 is 0 Å². The molecule has 1 aliphatic rings. The summed E-state index contributed by atoms with van der Waals surface area (Å²) < 4.78 is 1.20. The molecule has 2 aromatic rings. The summed E-state index contributed by atoms with van der Waals surface area (Å²) in [5.41, 5.74) is 1.04. The van der Waals surface area contributed by atoms with Gasteiger partial charge in [-0.15, -0.1) is 11.3 Å². The first-order valence-corrected chi connectivity index (χ1v) is 9.54. The van der Waals surface area contributed by atoms with Crippen molar-refractivity contribution in [2.45, 2.75) is 25.3 Å². The largest absolute Gasteiger partial charge is 0.358 e. The molecular formula is C18H25N4O2S+. The molecule has 25 heavy (non-hydrogen) atoms. The number of rotatable bonds is 5. The van der Waals surface area contributed by atoms with Crippen LogP contribution in [0, 0.1) is 0 Å². The average molecular weight is 361 g/mol. The fourth-order valence-corrected chi connectivity index (χ4v) is 4.50. The SMILES string of the molecule is CNC(=O)CN(C)C(=O)C[NH+]1CCCC[C@H]1c1nc2ccccc2s1. The van der Waals surface area contributed by atoms with Gasteiger partial charge in [0.15, 0.2) is 11.6 Å². The smallest absolute Gasteiger partial charge is 0.277 e. The first-order valence-electron chi connectivity index (χ1n) is 8.73. The Morgan fingerprint density at radius 1 is 1.36 bits per heavy atom. The minimum Gasteiger partial charge on any atom is -0.358 e. The molecule has 0 aliphatic carbocycles. The molecule has 1 fully saturated rings. The summed E-state index contributed by atoms with van der Waals surface area (Å²) in [6.45, 7) is 1.49. The Labute approximate surface area is 151 Å². The monoisotopic (exact) mass is 361 g/mol. The topological polar surface area (TPSA) is 66.7 Å². The number of piperidine rings is 1. The van der Waals surface area contributed by atoms with Gasteiger partial charge < -0.3 is 15.1 Å². The van der Waals surface area contributed by atoms with Gasteiger partial charge in [-0.25, -0.2) is 4.98 Å². The van der Waals surface area contributed by atoms with E-state index in [1.54, 1.807) is 25.4 Å². The van der Waals surface area contributed by atoms with E-state index in [2.05, 4.69) is 11.4 Å². The predicted molar refractivity (Wildman–Crippen MR) is 98.6 cm³/mol. The Hall–Kier alpha value is -1.99. The number of likely N-dealkylation sites (tertiary alicyclic amines) is 1. The highest BCUT2D eigenvalue weighted by Gasteiger charge is 2.32. The maximum absolute atomic E-state index is 12.5. The zero-order valence-electron chi connectivity index (χ0n) is 14.7. The number of amides is 2. The lowest BCUT2D eigenvalue weighted by Crippen LogP contribution is -3.14. The minimum atomic E-state index is -0.146. The zero-order valence-corrected chi connectivity index (χ0v) is 15.6. The second-order valence-corrected chi connectivity index (χ2v) is 7.64. The highest BCUT2D eigenvalue weighted by molar-refractivity contribution is 7.18. The first-order chi connectivity index (χ1) is 12.1. The molecule has 134 valence electrons. The van der Waals surface area contributed by atoms with E-state index in [9.17, 15) is 9.59 Å². The van der Waals surface area contributed by atoms with Gasteiger partial charge in [-0.2, -0.15) is 0 Å². The minimum absolute atomic E-state index is 0.00612. The van der Waals surface area contributed by atoms with Crippen molar-refractivity contribution < 1.29 is 14.5 Å². The van der Waals surface area contributed by atoms with Crippen LogP contribution >= 0.6 is 11.3 Å². The van der Waals surface area contributed by atoms with Crippen LogP contribution in [-0.4, -0.2) is 55.4 Å². The van der Waals surface area contributed by atoms with Crippen molar-refractivity contribution in [1.82, 2.24) is 15.2 Å². The van der Waals surface area contributed by atoms with E-state index in [0.717, 1.165) is 29.9 Å². The quantitative estimate of drug-likeness (QED) is 0.820. The van der Waals surface area contributed by atoms with Crippen molar-refractivity contribution in [2.75, 3.05) is 33.7 Å². The fourth-order valence-electron chi connectivity index (χ4n) is 3.34. The summed E-state index contributed by atoms with van der Waals surface area (Å²) in [4.78, 5) is 31.6. The van der Waals surface area contributed by atoms with Crippen LogP contribution in [0.4, 0.5) is 0 Å². The van der Waals surface area contributed by atoms with Crippen LogP contribution in [0.15, 0.2) is 24.3 Å². The van der Waals surface area contributed by atoms with E-state index in [-0.39, 0.29) is 24.4 Å². The lowest BCUT2D eigenvalue weighted by atomic mass is 10.0. The Morgan fingerprint density at radius 3 is 2.92 bits per heavy atom. The van der Waals surface area contributed by atoms with Crippen LogP contribution in [-0.2, 0) is 9.59 Å². The summed E-state index contributed by atoms with van der Waals surface area (Å²) >= 11 is 1.74. The summed E-state index contributed by atoms with van der Waals surface area (Å²) in [5, 5.41) is 3.68. The predicted octanol–water partition coefficient (Wildman–Crippen LogP) is 0.611. The molecule has 1 aliphatic heterocycles. The highest BCUT2D eigenvalue weighted by Crippen LogP contribution is 2.28. The van der Waals surface area contributed by atoms with Crippen molar-refractivity contribution in [1.29, 1.82) is 0 Å². The van der Waals surface area contributed by atoms with E-state index in [1.165, 1.54) is 20.9 Å². The number of carbonyl (C=O) groups is 2. The number of benzene rings is 1. The van der Waals surface area contributed by atoms with Crippen LogP contribution in [0.1, 0.15) is 30.3 Å². The van der Waals surface area contributed by atoms with Crippen molar-refractivity contribution in [3.05, 3.63) is 29.3 Å². The standard InChI is InChI=1S/C18H24N4O2S/c1-19-16(23)11-21(2)17(24)12-22-10-6-5-8-14(22)18-20-13-7-3-4-9-15(13)25-18/h3-4,7,9,14H,5-6,8,10-12H2,1-2H3,(H,19,23)/p+1/t14-/m0/s1. The lowest BCUT2D eigenvalue weighted by Gasteiger charge is -2.31. The molecule has 3 rings (SSSR count). The van der Waals surface area contributed by atoms with Gasteiger partial charge in [0.25, 0.3) is 5.91 Å². The van der Waals surface area contributed by atoms with Gasteiger partial charge in [0.05, 0.1) is 23.3 Å². The molecule has 0 bridgehead atoms. The molecule has 2 N–H and O–H groups in total. The summed E-state index contributed by atoms with van der Waals surface area (Å²) in [5.74, 6) is -0.140. The normalized spacial score (nSPS) is 20.4. The third kappa shape index (κ3) is 4.16. The van der Waals surface area contributed by atoms with Gasteiger partial charge >= 0.3 is 0 Å². The van der Waals surface area contributed by atoms with E-state index in [0.29, 0.717) is 6.54 Å². The van der Waals surface area contributed by atoms with Crippen molar-refractivity contribution in [2.24, 2.45) is 0 Å². The average Bonchev–Trinajstić information content (AvgIpc) is 3.05. The number of fused-ring (bicyclic) bond motifs is 1. The van der Waals surface area contributed by atoms with Crippen LogP contribution in [0.2, 0.25) is 0 Å². The van der Waals surface area contributed by atoms with Gasteiger partial charge in [0.1, 0.15) is 6.04 Å². The molecule has 0 radical (unpaired) electrons. The number of quaternary nitrogens is 1. The number of likely N-dealkylation sites (N-methyl/N-ethyl adjacent to an activating group) is 2. The molecular weight excluding hydrogens is 336 g/mol. The number of nitrogens with one attached hydrogen (secondary N) is 2. The second-order valence-electron chi connectivity index (χ2n) is 6.58. The van der Waals surface area contributed by atoms with Crippen LogP contribution < -0.4 is 10.2 Å². The molecule has 2 atom stereocenters. The van der Waals surface area contributed by atoms with E-state index in [4.69, 9.17) is 4.98 Å². The number of hydrogen-bond acceptors (Lipinski definition) is 4. The number of thiazole rings is 1. The molecule has 0 spiro atoms. The maximum atomic E-state index is 12.5. The molecule has 7 heteroatoms. The molecule has 2 amide bonds. The van der Waals surface area contributed by atoms with Crippen molar-refractivity contribution in [3.63, 3.8) is 0 Å². The number of para-hydroxylation sites is 1. The Balaban J connectivity index is 1.72. The lowest BCUT2D eigenvalue weighted by molar-refractivity contribution is -0.929. The van der Waals surface area contributed by atoms with Crippen LogP contribution in [0.25, 0.3) is 10.2 Å². The summed E-state index contributed by atoms with van der Waals surface area (Å²) in [7, 11) is 3.27. The van der Waals surface area contributed by atoms with Crippen LogP contribution in [0.5, 0.6) is 0 Å². The third-order valence-corrected chi connectivity index (χ3v) is 5.96. The molecule has 1 unspecified atom stereocenters. The van der Waals surface area contributed by atoms with Crippen molar-refractivity contribution >= 4 is 33.4 Å². The Kier molecular flexibility index (Phi) is 5.65. The fraction of sp³-hybridized carbons (Fsp3) is 0.500. The second kappa shape index (κ2) is 7.93. The van der Waals surface area contributed by atoms with Gasteiger partial charge in [-0.05, 0) is 25.0 Å². The van der Waals surface area contributed by atoms with Gasteiger partial charge in [-0.1, -0.05) is 12.1 Å². The van der Waals surface area contributed by atoms with Crippen LogP contribution in [0.3, 0.4) is 0 Å². The molecule has 6 nitrogen and oxygen atoms in total. The number of hydrogen-bond donors (Lipinski definition) is 2. The molecule has 1 aromatic heterocycles. The summed E-state index contributed by atoms with van der Waals surface area (Å²) in [6, 6.07) is 8.45. The van der Waals surface area contributed by atoms with Gasteiger partial charge in [0.2, 0.25) is 5.91 Å². The van der Waals surface area contributed by atoms with E-state index < -0.39 is 0 Å². The summed E-state index contributed by atoms with van der Waals surface area (Å²) in [6.07, 6.45) is 3.36.